The minimum Gasteiger partial charge on any atom is -0.507 e. The van der Waals surface area contributed by atoms with Crippen molar-refractivity contribution in [3.8, 4) is 0 Å². The summed E-state index contributed by atoms with van der Waals surface area (Å²) in [5.74, 6) is -1.25. The van der Waals surface area contributed by atoms with E-state index in [0.29, 0.717) is 17.0 Å². The first-order valence-electron chi connectivity index (χ1n) is 9.47. The van der Waals surface area contributed by atoms with E-state index >= 15 is 0 Å². The van der Waals surface area contributed by atoms with E-state index in [1.807, 2.05) is 39.0 Å². The van der Waals surface area contributed by atoms with Gasteiger partial charge in [0.15, 0.2) is 0 Å². The number of hydrogen-bond acceptors (Lipinski definition) is 4. The number of amides is 1. The first-order chi connectivity index (χ1) is 14.3. The van der Waals surface area contributed by atoms with Crippen molar-refractivity contribution >= 4 is 39.1 Å². The van der Waals surface area contributed by atoms with Crippen molar-refractivity contribution in [1.29, 1.82) is 0 Å². The molecule has 1 saturated heterocycles. The minimum absolute atomic E-state index is 0.0116. The van der Waals surface area contributed by atoms with Crippen molar-refractivity contribution in [2.45, 2.75) is 26.8 Å². The van der Waals surface area contributed by atoms with Gasteiger partial charge in [-0.3, -0.25) is 14.5 Å². The smallest absolute Gasteiger partial charge is 0.300 e. The van der Waals surface area contributed by atoms with Crippen molar-refractivity contribution in [1.82, 2.24) is 0 Å². The van der Waals surface area contributed by atoms with Gasteiger partial charge in [0, 0.05) is 15.7 Å². The molecule has 1 atom stereocenters. The molecule has 5 nitrogen and oxygen atoms in total. The fraction of sp³-hybridized carbons (Fsp3) is 0.167. The summed E-state index contributed by atoms with van der Waals surface area (Å²) in [6.07, 6.45) is 1.49. The number of ketones is 1. The first kappa shape index (κ1) is 20.2. The molecule has 0 spiro atoms. The predicted octanol–water partition coefficient (Wildman–Crippen LogP) is 5.59. The van der Waals surface area contributed by atoms with Crippen LogP contribution in [0.25, 0.3) is 5.76 Å². The molecule has 0 aliphatic carbocycles. The van der Waals surface area contributed by atoms with Gasteiger partial charge in [-0.2, -0.15) is 0 Å². The number of nitrogens with zero attached hydrogens (tertiary/aromatic N) is 1. The molecule has 1 aliphatic rings. The fourth-order valence-electron chi connectivity index (χ4n) is 3.72. The Balaban J connectivity index is 1.96. The second-order valence-corrected chi connectivity index (χ2v) is 8.29. The number of Topliss-reactive ketones (excluding diaryl/α,β-unsaturated/α-hetero) is 1. The molecular formula is C24H20BrNO4. The van der Waals surface area contributed by atoms with Gasteiger partial charge < -0.3 is 9.52 Å². The number of furan rings is 1. The highest BCUT2D eigenvalue weighted by Gasteiger charge is 2.48. The molecule has 2 heterocycles. The second kappa shape index (κ2) is 7.61. The van der Waals surface area contributed by atoms with Crippen LogP contribution in [0.15, 0.2) is 69.3 Å². The maximum Gasteiger partial charge on any atom is 0.300 e. The summed E-state index contributed by atoms with van der Waals surface area (Å²) in [7, 11) is 0. The van der Waals surface area contributed by atoms with Gasteiger partial charge in [0.2, 0.25) is 0 Å². The van der Waals surface area contributed by atoms with Crippen molar-refractivity contribution < 1.29 is 19.1 Å². The quantitative estimate of drug-likeness (QED) is 0.310. The Morgan fingerprint density at radius 1 is 1.03 bits per heavy atom. The van der Waals surface area contributed by atoms with Gasteiger partial charge in [-0.1, -0.05) is 34.1 Å². The van der Waals surface area contributed by atoms with Gasteiger partial charge in [0.05, 0.1) is 11.8 Å². The van der Waals surface area contributed by atoms with Crippen LogP contribution in [0.5, 0.6) is 0 Å². The highest BCUT2D eigenvalue weighted by atomic mass is 79.9. The molecule has 4 rings (SSSR count). The lowest BCUT2D eigenvalue weighted by molar-refractivity contribution is -0.132. The van der Waals surface area contributed by atoms with E-state index in [9.17, 15) is 14.7 Å². The molecule has 0 saturated carbocycles. The number of aryl methyl sites for hydroxylation is 3. The molecule has 3 aromatic rings. The van der Waals surface area contributed by atoms with Crippen LogP contribution < -0.4 is 4.90 Å². The molecule has 1 unspecified atom stereocenters. The van der Waals surface area contributed by atoms with Crippen LogP contribution in [-0.4, -0.2) is 16.8 Å². The van der Waals surface area contributed by atoms with Gasteiger partial charge in [0.25, 0.3) is 11.7 Å². The van der Waals surface area contributed by atoms with Gasteiger partial charge in [-0.15, -0.1) is 0 Å². The largest absolute Gasteiger partial charge is 0.507 e. The van der Waals surface area contributed by atoms with Crippen molar-refractivity contribution in [2.75, 3.05) is 4.90 Å². The lowest BCUT2D eigenvalue weighted by Crippen LogP contribution is -2.30. The van der Waals surface area contributed by atoms with E-state index in [1.54, 1.807) is 30.3 Å². The molecule has 1 amide bonds. The number of carbonyl (C=O) groups excluding carboxylic acids is 2. The summed E-state index contributed by atoms with van der Waals surface area (Å²) in [5, 5.41) is 11.1. The number of anilines is 1. The molecule has 152 valence electrons. The van der Waals surface area contributed by atoms with Gasteiger partial charge in [-0.25, -0.2) is 0 Å². The molecule has 1 aromatic heterocycles. The van der Waals surface area contributed by atoms with E-state index in [2.05, 4.69) is 15.9 Å². The molecule has 0 bridgehead atoms. The van der Waals surface area contributed by atoms with Crippen LogP contribution in [0.2, 0.25) is 0 Å². The zero-order chi connectivity index (χ0) is 21.6. The number of rotatable bonds is 3. The Kier molecular flexibility index (Phi) is 5.12. The number of aliphatic hydroxyl groups excluding tert-OH is 1. The first-order valence-corrected chi connectivity index (χ1v) is 10.3. The molecule has 1 fully saturated rings. The lowest BCUT2D eigenvalue weighted by atomic mass is 9.98. The Morgan fingerprint density at radius 2 is 1.80 bits per heavy atom. The Labute approximate surface area is 182 Å². The van der Waals surface area contributed by atoms with Crippen molar-refractivity contribution in [3.63, 3.8) is 0 Å². The average Bonchev–Trinajstić information content (AvgIpc) is 3.33. The second-order valence-electron chi connectivity index (χ2n) is 7.44. The van der Waals surface area contributed by atoms with Gasteiger partial charge in [-0.05, 0) is 67.8 Å². The van der Waals surface area contributed by atoms with Crippen LogP contribution in [-0.2, 0) is 9.59 Å². The van der Waals surface area contributed by atoms with Crippen LogP contribution in [0, 0.1) is 20.8 Å². The summed E-state index contributed by atoms with van der Waals surface area (Å²) in [6.45, 7) is 5.69. The van der Waals surface area contributed by atoms with Crippen LogP contribution in [0.3, 0.4) is 0 Å². The molecule has 6 heteroatoms. The topological polar surface area (TPSA) is 70.8 Å². The summed E-state index contributed by atoms with van der Waals surface area (Å²) >= 11 is 3.44. The standard InChI is InChI=1S/C24H20BrNO4/c1-13-6-7-14(2)18(11-13)26-21(19-5-4-10-30-19)20(23(28)24(26)29)22(27)16-8-9-17(25)15(3)12-16/h4-12,21,27H,1-3H3/b22-20-. The SMILES string of the molecule is Cc1ccc(C)c(N2C(=O)C(=O)/C(=C(\O)c3ccc(Br)c(C)c3)C2c2ccco2)c1. The van der Waals surface area contributed by atoms with Gasteiger partial charge >= 0.3 is 0 Å². The lowest BCUT2D eigenvalue weighted by Gasteiger charge is -2.25. The highest BCUT2D eigenvalue weighted by molar-refractivity contribution is 9.10. The summed E-state index contributed by atoms with van der Waals surface area (Å²) in [5.41, 5.74) is 3.79. The normalized spacial score (nSPS) is 18.3. The number of aliphatic hydroxyl groups is 1. The molecular weight excluding hydrogens is 446 g/mol. The molecule has 0 radical (unpaired) electrons. The highest BCUT2D eigenvalue weighted by Crippen LogP contribution is 2.43. The van der Waals surface area contributed by atoms with Crippen LogP contribution in [0.1, 0.15) is 34.1 Å². The van der Waals surface area contributed by atoms with E-state index in [-0.39, 0.29) is 11.3 Å². The average molecular weight is 466 g/mol. The van der Waals surface area contributed by atoms with E-state index < -0.39 is 17.7 Å². The van der Waals surface area contributed by atoms with E-state index in [0.717, 1.165) is 21.2 Å². The third-order valence-corrected chi connectivity index (χ3v) is 6.20. The third kappa shape index (κ3) is 3.27. The van der Waals surface area contributed by atoms with Crippen LogP contribution >= 0.6 is 15.9 Å². The molecule has 1 N–H and O–H groups in total. The fourth-order valence-corrected chi connectivity index (χ4v) is 3.97. The zero-order valence-electron chi connectivity index (χ0n) is 16.8. The number of carbonyl (C=O) groups is 2. The third-order valence-electron chi connectivity index (χ3n) is 5.31. The van der Waals surface area contributed by atoms with Crippen molar-refractivity contribution in [3.05, 3.63) is 92.9 Å². The Morgan fingerprint density at radius 3 is 2.47 bits per heavy atom. The maximum atomic E-state index is 13.1. The summed E-state index contributed by atoms with van der Waals surface area (Å²) < 4.78 is 6.48. The minimum atomic E-state index is -0.857. The molecule has 30 heavy (non-hydrogen) atoms. The van der Waals surface area contributed by atoms with E-state index in [4.69, 9.17) is 4.42 Å². The monoisotopic (exact) mass is 465 g/mol. The van der Waals surface area contributed by atoms with E-state index in [1.165, 1.54) is 11.2 Å². The summed E-state index contributed by atoms with van der Waals surface area (Å²) in [6, 6.07) is 13.5. The van der Waals surface area contributed by atoms with Crippen LogP contribution in [0.4, 0.5) is 5.69 Å². The Hall–Kier alpha value is -3.12. The predicted molar refractivity (Wildman–Crippen MR) is 118 cm³/mol. The summed E-state index contributed by atoms with van der Waals surface area (Å²) in [4.78, 5) is 27.6. The number of halogens is 1. The zero-order valence-corrected chi connectivity index (χ0v) is 18.4. The Bertz CT molecular complexity index is 1190. The van der Waals surface area contributed by atoms with Gasteiger partial charge in [0.1, 0.15) is 17.6 Å². The maximum absolute atomic E-state index is 13.1. The number of hydrogen-bond donors (Lipinski definition) is 1. The molecule has 2 aromatic carbocycles. The van der Waals surface area contributed by atoms with Crippen molar-refractivity contribution in [2.24, 2.45) is 0 Å². The molecule has 1 aliphatic heterocycles. The number of benzene rings is 2.